The van der Waals surface area contributed by atoms with Crippen molar-refractivity contribution < 1.29 is 101 Å². The van der Waals surface area contributed by atoms with Gasteiger partial charge in [-0.3, -0.25) is 86.3 Å². The zero-order valence-corrected chi connectivity index (χ0v) is 78.7. The van der Waals surface area contributed by atoms with Crippen LogP contribution in [0.2, 0.25) is 0 Å². The Morgan fingerprint density at radius 1 is 0.579 bits per heavy atom. The number of aliphatic hydroxyl groups is 1. The Kier molecular flexibility index (Phi) is 40.6. The second kappa shape index (κ2) is 50.9. The lowest BCUT2D eigenvalue weighted by atomic mass is 9.90. The average Bonchev–Trinajstić information content (AvgIpc) is 1.64. The molecule has 5 aromatic rings. The minimum absolute atomic E-state index is 0.00503. The fourth-order valence-electron chi connectivity index (χ4n) is 16.8. The quantitative estimate of drug-likeness (QED) is 0.0365. The lowest BCUT2D eigenvalue weighted by Gasteiger charge is -2.36. The molecule has 726 valence electrons. The molecular formula is C93H132N18O21S. The molecule has 8 rings (SSSR count). The van der Waals surface area contributed by atoms with Gasteiger partial charge >= 0.3 is 5.97 Å². The highest BCUT2D eigenvalue weighted by atomic mass is 32.2. The predicted octanol–water partition coefficient (Wildman–Crippen LogP) is 1.22. The van der Waals surface area contributed by atoms with E-state index in [4.69, 9.17) is 5.73 Å². The zero-order valence-electron chi connectivity index (χ0n) is 77.9. The van der Waals surface area contributed by atoms with Gasteiger partial charge < -0.3 is 108 Å². The smallest absolute Gasteiger partial charge is 0.307 e. The van der Waals surface area contributed by atoms with Crippen molar-refractivity contribution in [2.24, 2.45) is 23.5 Å². The number of aromatic amines is 2. The molecule has 39 nitrogen and oxygen atoms in total. The highest BCUT2D eigenvalue weighted by molar-refractivity contribution is 8.00. The maximum atomic E-state index is 15.6. The van der Waals surface area contributed by atoms with Crippen molar-refractivity contribution in [3.05, 3.63) is 102 Å². The van der Waals surface area contributed by atoms with Crippen LogP contribution in [0.5, 0.6) is 5.75 Å². The van der Waals surface area contributed by atoms with Gasteiger partial charge in [0.15, 0.2) is 5.78 Å². The average molecular weight is 1870 g/mol. The Bertz CT molecular complexity index is 4960. The normalized spacial score (nSPS) is 24.5. The molecule has 16 N–H and O–H groups in total. The number of methoxy groups -OCH3 is 1. The number of carbonyl (C=O) groups is 18. The number of nitrogens with zero attached hydrogens (tertiary/aromatic N) is 5. The molecule has 0 radical (unpaired) electrons. The molecule has 0 spiro atoms. The summed E-state index contributed by atoms with van der Waals surface area (Å²) in [4.78, 5) is 274. The second-order valence-electron chi connectivity index (χ2n) is 35.3. The van der Waals surface area contributed by atoms with Gasteiger partial charge in [0.25, 0.3) is 0 Å². The summed E-state index contributed by atoms with van der Waals surface area (Å²) >= 11 is 0.796. The molecule has 0 bridgehead atoms. The lowest BCUT2D eigenvalue weighted by Crippen LogP contribution is -2.60. The van der Waals surface area contributed by atoms with Crippen molar-refractivity contribution in [2.75, 3.05) is 72.5 Å². The number of likely N-dealkylation sites (N-methyl/N-ethyl adjacent to an activating group) is 3. The standard InChI is InChI=1S/C93H132N18O21S/c1-13-16-27-72-87(125)103-66(37-52(4)5)86(124)106-71(84(122)99-47-78(116)95-35-34-81(119)132-12)50-133-51-80(118)101-68(39-55-30-32-59(112)33-31-55)89(127)107(9)54(8)82(120)104-70(44-77(94)115)91(129)110-36-22-29-73(110)88(126)102-63(15-3)85(123)105-67(38-53(6)7)92(130)111-49-60(113)43-75(111)76(114)42-56(40-57-45-96-64-25-20-18-23-61(57)64)83(121)98-48-79(117)100-69(41-58-46-97-65-26-21-19-24-62(58)65)90(128)109(11)74(28-17-14-2)93(131)108(72)10/h18-21,23-26,30-33,45-46,52-54,56,60,63,66-75,96-97,112-113H,13-17,22,27-29,34-44,47-51H2,1-12H3,(H2,94,115)(H,95,116)(H,98,121)(H,99,122)(H,100,117)(H,101,118)(H,102,126)(H,103,125)(H,104,120)(H,105,123)(H,106,124)/t54-,56+,60+,63-,66-,67-,68-,69?,70-,71-,72-,73-,74-,75-/m0/s1. The van der Waals surface area contributed by atoms with Gasteiger partial charge in [-0.05, 0) is 111 Å². The van der Waals surface area contributed by atoms with Crippen molar-refractivity contribution in [3.63, 3.8) is 0 Å². The van der Waals surface area contributed by atoms with Crippen molar-refractivity contribution in [1.82, 2.24) is 87.6 Å². The van der Waals surface area contributed by atoms with E-state index in [0.717, 1.165) is 33.6 Å². The number of Topliss-reactive ketones (excluding diaryl/α,β-unsaturated/α-hetero) is 1. The minimum Gasteiger partial charge on any atom is -0.508 e. The van der Waals surface area contributed by atoms with E-state index >= 15 is 33.6 Å². The number of nitrogens with two attached hydrogens (primary N) is 1. The number of unbranched alkanes of at least 4 members (excludes halogenated alkanes) is 2. The first kappa shape index (κ1) is 106. The van der Waals surface area contributed by atoms with Gasteiger partial charge in [-0.25, -0.2) is 0 Å². The van der Waals surface area contributed by atoms with Crippen LogP contribution in [0.25, 0.3) is 21.8 Å². The van der Waals surface area contributed by atoms with Crippen LogP contribution in [0.1, 0.15) is 168 Å². The number of aliphatic hydroxyl groups excluding tert-OH is 1. The van der Waals surface area contributed by atoms with Crippen molar-refractivity contribution in [1.29, 1.82) is 0 Å². The number of thioether (sulfide) groups is 1. The maximum Gasteiger partial charge on any atom is 0.307 e. The van der Waals surface area contributed by atoms with E-state index in [1.165, 1.54) is 62.1 Å². The highest BCUT2D eigenvalue weighted by Gasteiger charge is 2.46. The number of carbonyl (C=O) groups excluding carboxylic acids is 18. The Morgan fingerprint density at radius 3 is 1.75 bits per heavy atom. The largest absolute Gasteiger partial charge is 0.508 e. The van der Waals surface area contributed by atoms with Crippen LogP contribution in [0.15, 0.2) is 85.2 Å². The maximum absolute atomic E-state index is 15.6. The van der Waals surface area contributed by atoms with Crippen LogP contribution in [-0.2, 0) is 110 Å². The number of benzene rings is 3. The van der Waals surface area contributed by atoms with Gasteiger partial charge in [-0.15, -0.1) is 11.8 Å². The number of amides is 16. The third-order valence-corrected chi connectivity index (χ3v) is 25.3. The monoisotopic (exact) mass is 1870 g/mol. The van der Waals surface area contributed by atoms with Crippen LogP contribution < -0.4 is 58.9 Å². The van der Waals surface area contributed by atoms with Gasteiger partial charge in [-0.2, -0.15) is 0 Å². The fourth-order valence-corrected chi connectivity index (χ4v) is 17.6. The van der Waals surface area contributed by atoms with Gasteiger partial charge in [-0.1, -0.05) is 123 Å². The molecule has 3 fully saturated rings. The number of ether oxygens (including phenoxy) is 1. The van der Waals surface area contributed by atoms with E-state index in [-0.39, 0.29) is 114 Å². The number of para-hydroxylation sites is 2. The summed E-state index contributed by atoms with van der Waals surface area (Å²) in [7, 11) is 5.20. The summed E-state index contributed by atoms with van der Waals surface area (Å²) in [6.07, 6.45) is 1.88. The lowest BCUT2D eigenvalue weighted by molar-refractivity contribution is -0.149. The molecule has 16 amide bonds. The summed E-state index contributed by atoms with van der Waals surface area (Å²) in [6, 6.07) is 2.93. The van der Waals surface area contributed by atoms with Gasteiger partial charge in [0.1, 0.15) is 72.2 Å². The summed E-state index contributed by atoms with van der Waals surface area (Å²) in [5, 5.41) is 49.7. The van der Waals surface area contributed by atoms with Crippen LogP contribution >= 0.6 is 11.8 Å². The van der Waals surface area contributed by atoms with E-state index in [1.807, 2.05) is 44.2 Å². The molecule has 1 unspecified atom stereocenters. The number of ketones is 1. The number of phenolic OH excluding ortho intramolecular Hbond substituents is 1. The molecular weight excluding hydrogens is 1740 g/mol. The number of rotatable bonds is 25. The molecule has 5 heterocycles. The first-order valence-corrected chi connectivity index (χ1v) is 46.8. The first-order valence-electron chi connectivity index (χ1n) is 45.6. The number of hydrogen-bond acceptors (Lipinski definition) is 22. The predicted molar refractivity (Wildman–Crippen MR) is 494 cm³/mol. The highest BCUT2D eigenvalue weighted by Crippen LogP contribution is 2.30. The molecule has 3 aliphatic heterocycles. The molecule has 3 aromatic carbocycles. The van der Waals surface area contributed by atoms with Gasteiger partial charge in [0.05, 0.1) is 50.9 Å². The number of hydrogen-bond donors (Lipinski definition) is 15. The van der Waals surface area contributed by atoms with E-state index in [0.29, 0.717) is 64.2 Å². The van der Waals surface area contributed by atoms with Crippen molar-refractivity contribution >= 4 is 140 Å². The molecule has 2 aromatic heterocycles. The van der Waals surface area contributed by atoms with E-state index in [2.05, 4.69) is 67.9 Å². The first-order chi connectivity index (χ1) is 63.2. The summed E-state index contributed by atoms with van der Waals surface area (Å²) in [5.41, 5.74) is 8.72. The molecule has 0 saturated carbocycles. The molecule has 14 atom stereocenters. The van der Waals surface area contributed by atoms with E-state index in [9.17, 15) is 63.0 Å². The Hall–Kier alpha value is -12.5. The minimum atomic E-state index is -1.74. The second-order valence-corrected chi connectivity index (χ2v) is 36.3. The Balaban J connectivity index is 1.17. The van der Waals surface area contributed by atoms with Crippen LogP contribution in [0, 0.1) is 17.8 Å². The fraction of sp³-hybridized carbons (Fsp3) is 0.570. The SMILES string of the molecule is CCCC[C@H]1C(=O)N(C)[C@@H](CCCC)C(=O)N[C@@H](CC(C)C)C(=O)N[C@H](C(=O)NCC(=O)NCCC(=O)OC)CSCC(=O)N[C@@H](Cc2ccc(O)cc2)C(=O)N(C)[C@@H](C)C(=O)N[C@@H](CC(N)=O)C(=O)N2CCC[C@H]2C(=O)N[C@@H](CC)C(=O)N[C@@H](CC(C)C)C(=O)N2C[C@H](O)C[C@H]2C(=O)C[C@@H](Cc2c[nH]c3ccccc23)C(=O)NCC(=O)NC(Cc2c[nH]c3ccccc23)C(=O)N1C. The number of nitrogens with one attached hydrogen (secondary N) is 12. The van der Waals surface area contributed by atoms with E-state index < -0.39 is 228 Å². The number of esters is 1. The molecule has 3 aliphatic rings. The molecule has 0 aliphatic carbocycles. The third-order valence-electron chi connectivity index (χ3n) is 24.3. The molecule has 133 heavy (non-hydrogen) atoms. The van der Waals surface area contributed by atoms with E-state index in [1.54, 1.807) is 65.2 Å². The van der Waals surface area contributed by atoms with Gasteiger partial charge in [0.2, 0.25) is 94.5 Å². The number of primary amides is 1. The third kappa shape index (κ3) is 30.3. The van der Waals surface area contributed by atoms with Crippen LogP contribution in [0.3, 0.4) is 0 Å². The molecule has 3 saturated heterocycles. The van der Waals surface area contributed by atoms with Crippen LogP contribution in [-0.4, -0.2) is 302 Å². The zero-order chi connectivity index (χ0) is 97.6. The van der Waals surface area contributed by atoms with Gasteiger partial charge in [0, 0.05) is 112 Å². The topological polar surface area (TPSA) is 551 Å². The number of H-pyrrole nitrogens is 2. The van der Waals surface area contributed by atoms with Crippen molar-refractivity contribution in [2.45, 2.75) is 250 Å². The summed E-state index contributed by atoms with van der Waals surface area (Å²) in [5.74, 6) is -17.8. The Morgan fingerprint density at radius 2 is 1.14 bits per heavy atom. The number of aromatic hydroxyl groups is 1. The number of phenols is 1. The number of aromatic nitrogens is 2. The summed E-state index contributed by atoms with van der Waals surface area (Å²) in [6.45, 7) is 11.7. The Labute approximate surface area is 778 Å². The molecule has 40 heteroatoms. The summed E-state index contributed by atoms with van der Waals surface area (Å²) < 4.78 is 4.66. The van der Waals surface area contributed by atoms with Crippen LogP contribution in [0.4, 0.5) is 0 Å². The number of fused-ring (bicyclic) bond motifs is 4. The van der Waals surface area contributed by atoms with Crippen molar-refractivity contribution in [3.8, 4) is 5.75 Å².